The molecule has 114 valence electrons. The molecule has 0 radical (unpaired) electrons. The van der Waals surface area contributed by atoms with Gasteiger partial charge in [0.25, 0.3) is 0 Å². The highest BCUT2D eigenvalue weighted by Crippen LogP contribution is 2.20. The van der Waals surface area contributed by atoms with Crippen molar-refractivity contribution in [3.05, 3.63) is 53.6 Å². The zero-order chi connectivity index (χ0) is 16.0. The normalized spacial score (nSPS) is 10.7. The van der Waals surface area contributed by atoms with E-state index in [4.69, 9.17) is 4.74 Å². The molecule has 0 bridgehead atoms. The number of carbonyl (C=O) groups excluding carboxylic acids is 1. The van der Waals surface area contributed by atoms with Gasteiger partial charge in [-0.2, -0.15) is 0 Å². The van der Waals surface area contributed by atoms with E-state index in [2.05, 4.69) is 31.8 Å². The van der Waals surface area contributed by atoms with E-state index in [1.54, 1.807) is 0 Å². The van der Waals surface area contributed by atoms with Crippen molar-refractivity contribution in [2.75, 3.05) is 0 Å². The van der Waals surface area contributed by atoms with Crippen molar-refractivity contribution >= 4 is 11.7 Å². The number of carbonyl (C=O) groups is 1. The molecule has 0 heterocycles. The third-order valence-electron chi connectivity index (χ3n) is 2.82. The molecule has 0 aliphatic heterocycles. The molecule has 1 N–H and O–H groups in total. The SMILES string of the molecule is C=CC(=C(C)C)c1cccc(CNC(=O)OC(C)(C)C)c1. The summed E-state index contributed by atoms with van der Waals surface area (Å²) in [4.78, 5) is 11.7. The monoisotopic (exact) mass is 287 g/mol. The average Bonchev–Trinajstić information content (AvgIpc) is 2.35. The van der Waals surface area contributed by atoms with E-state index in [0.717, 1.165) is 16.7 Å². The van der Waals surface area contributed by atoms with Crippen LogP contribution in [0.25, 0.3) is 5.57 Å². The number of alkyl carbamates (subject to hydrolysis) is 1. The first-order valence-electron chi connectivity index (χ1n) is 7.09. The van der Waals surface area contributed by atoms with Crippen LogP contribution in [0.2, 0.25) is 0 Å². The molecular formula is C18H25NO2. The van der Waals surface area contributed by atoms with Crippen molar-refractivity contribution in [1.29, 1.82) is 0 Å². The summed E-state index contributed by atoms with van der Waals surface area (Å²) in [5.41, 5.74) is 3.98. The van der Waals surface area contributed by atoms with Gasteiger partial charge in [-0.1, -0.05) is 36.4 Å². The van der Waals surface area contributed by atoms with Gasteiger partial charge < -0.3 is 10.1 Å². The second-order valence-corrected chi connectivity index (χ2v) is 6.17. The van der Waals surface area contributed by atoms with Crippen molar-refractivity contribution in [3.63, 3.8) is 0 Å². The van der Waals surface area contributed by atoms with Gasteiger partial charge in [0, 0.05) is 6.54 Å². The summed E-state index contributed by atoms with van der Waals surface area (Å²) in [5, 5.41) is 2.77. The summed E-state index contributed by atoms with van der Waals surface area (Å²) in [6.07, 6.45) is 1.45. The van der Waals surface area contributed by atoms with Gasteiger partial charge in [-0.25, -0.2) is 4.79 Å². The average molecular weight is 287 g/mol. The Balaban J connectivity index is 2.76. The van der Waals surface area contributed by atoms with Crippen LogP contribution in [0, 0.1) is 0 Å². The molecule has 0 aliphatic carbocycles. The molecule has 3 heteroatoms. The van der Waals surface area contributed by atoms with Gasteiger partial charge in [0.2, 0.25) is 0 Å². The molecule has 0 unspecified atom stereocenters. The van der Waals surface area contributed by atoms with Gasteiger partial charge in [0.05, 0.1) is 0 Å². The topological polar surface area (TPSA) is 38.3 Å². The molecular weight excluding hydrogens is 262 g/mol. The lowest BCUT2D eigenvalue weighted by Gasteiger charge is -2.19. The number of rotatable bonds is 4. The second-order valence-electron chi connectivity index (χ2n) is 6.17. The van der Waals surface area contributed by atoms with Gasteiger partial charge in [0.1, 0.15) is 5.60 Å². The number of hydrogen-bond donors (Lipinski definition) is 1. The molecule has 3 nitrogen and oxygen atoms in total. The van der Waals surface area contributed by atoms with Crippen molar-refractivity contribution in [1.82, 2.24) is 5.32 Å². The molecule has 0 aromatic heterocycles. The number of ether oxygens (including phenoxy) is 1. The van der Waals surface area contributed by atoms with Gasteiger partial charge in [-0.3, -0.25) is 0 Å². The summed E-state index contributed by atoms with van der Waals surface area (Å²) in [5.74, 6) is 0. The maximum Gasteiger partial charge on any atom is 0.407 e. The van der Waals surface area contributed by atoms with Crippen LogP contribution >= 0.6 is 0 Å². The molecule has 0 atom stereocenters. The number of hydrogen-bond acceptors (Lipinski definition) is 2. The Morgan fingerprint density at radius 3 is 2.52 bits per heavy atom. The standard InChI is InChI=1S/C18H25NO2/c1-7-16(13(2)3)15-10-8-9-14(11-15)12-19-17(20)21-18(4,5)6/h7-11H,1,12H2,2-6H3,(H,19,20). The highest BCUT2D eigenvalue weighted by Gasteiger charge is 2.15. The highest BCUT2D eigenvalue weighted by atomic mass is 16.6. The largest absolute Gasteiger partial charge is 0.444 e. The summed E-state index contributed by atoms with van der Waals surface area (Å²) in [6.45, 7) is 13.9. The maximum absolute atomic E-state index is 11.7. The van der Waals surface area contributed by atoms with E-state index in [1.165, 1.54) is 5.57 Å². The first kappa shape index (κ1) is 17.0. The smallest absolute Gasteiger partial charge is 0.407 e. The van der Waals surface area contributed by atoms with Crippen LogP contribution in [-0.4, -0.2) is 11.7 Å². The summed E-state index contributed by atoms with van der Waals surface area (Å²) < 4.78 is 5.22. The van der Waals surface area contributed by atoms with E-state index >= 15 is 0 Å². The van der Waals surface area contributed by atoms with Crippen LogP contribution in [-0.2, 0) is 11.3 Å². The Morgan fingerprint density at radius 1 is 1.33 bits per heavy atom. The molecule has 0 saturated carbocycles. The summed E-state index contributed by atoms with van der Waals surface area (Å²) in [7, 11) is 0. The Bertz CT molecular complexity index is 547. The number of benzene rings is 1. The van der Waals surface area contributed by atoms with E-state index in [1.807, 2.05) is 45.0 Å². The first-order chi connectivity index (χ1) is 9.73. The number of allylic oxidation sites excluding steroid dienone is 3. The molecule has 0 saturated heterocycles. The Labute approximate surface area is 127 Å². The first-order valence-corrected chi connectivity index (χ1v) is 7.09. The van der Waals surface area contributed by atoms with Gasteiger partial charge in [-0.15, -0.1) is 0 Å². The molecule has 1 aromatic carbocycles. The molecule has 0 fully saturated rings. The molecule has 0 spiro atoms. The zero-order valence-corrected chi connectivity index (χ0v) is 13.6. The van der Waals surface area contributed by atoms with Gasteiger partial charge >= 0.3 is 6.09 Å². The summed E-state index contributed by atoms with van der Waals surface area (Å²) in [6, 6.07) is 8.06. The number of nitrogens with one attached hydrogen (secondary N) is 1. The van der Waals surface area contributed by atoms with Crippen molar-refractivity contribution in [2.24, 2.45) is 0 Å². The predicted octanol–water partition coefficient (Wildman–Crippen LogP) is 4.69. The minimum absolute atomic E-state index is 0.404. The molecule has 1 amide bonds. The van der Waals surface area contributed by atoms with Crippen molar-refractivity contribution in [3.8, 4) is 0 Å². The second kappa shape index (κ2) is 7.11. The maximum atomic E-state index is 11.7. The van der Waals surface area contributed by atoms with E-state index in [9.17, 15) is 4.79 Å². The lowest BCUT2D eigenvalue weighted by atomic mass is 9.99. The fourth-order valence-corrected chi connectivity index (χ4v) is 1.95. The highest BCUT2D eigenvalue weighted by molar-refractivity contribution is 5.76. The third-order valence-corrected chi connectivity index (χ3v) is 2.82. The fraction of sp³-hybridized carbons (Fsp3) is 0.389. The van der Waals surface area contributed by atoms with Crippen LogP contribution < -0.4 is 5.32 Å². The fourth-order valence-electron chi connectivity index (χ4n) is 1.95. The minimum Gasteiger partial charge on any atom is -0.444 e. The van der Waals surface area contributed by atoms with Crippen LogP contribution in [0.15, 0.2) is 42.5 Å². The van der Waals surface area contributed by atoms with E-state index in [-0.39, 0.29) is 0 Å². The molecule has 1 rings (SSSR count). The third kappa shape index (κ3) is 5.86. The van der Waals surface area contributed by atoms with Crippen molar-refractivity contribution in [2.45, 2.75) is 46.8 Å². The zero-order valence-electron chi connectivity index (χ0n) is 13.6. The quantitative estimate of drug-likeness (QED) is 0.816. The summed E-state index contributed by atoms with van der Waals surface area (Å²) >= 11 is 0. The number of amides is 1. The van der Waals surface area contributed by atoms with Crippen LogP contribution in [0.5, 0.6) is 0 Å². The molecule has 0 aliphatic rings. The Morgan fingerprint density at radius 2 is 2.00 bits per heavy atom. The lowest BCUT2D eigenvalue weighted by Crippen LogP contribution is -2.32. The predicted molar refractivity (Wildman–Crippen MR) is 88.0 cm³/mol. The Kier molecular flexibility index (Phi) is 5.77. The molecule has 21 heavy (non-hydrogen) atoms. The van der Waals surface area contributed by atoms with Gasteiger partial charge in [0.15, 0.2) is 0 Å². The van der Waals surface area contributed by atoms with Crippen LogP contribution in [0.4, 0.5) is 4.79 Å². The Hall–Kier alpha value is -2.03. The molecule has 1 aromatic rings. The van der Waals surface area contributed by atoms with Crippen LogP contribution in [0.3, 0.4) is 0 Å². The lowest BCUT2D eigenvalue weighted by molar-refractivity contribution is 0.0523. The van der Waals surface area contributed by atoms with Crippen LogP contribution in [0.1, 0.15) is 45.7 Å². The van der Waals surface area contributed by atoms with E-state index in [0.29, 0.717) is 6.54 Å². The van der Waals surface area contributed by atoms with Gasteiger partial charge in [-0.05, 0) is 57.4 Å². The van der Waals surface area contributed by atoms with E-state index < -0.39 is 11.7 Å². The van der Waals surface area contributed by atoms with Crippen molar-refractivity contribution < 1.29 is 9.53 Å². The minimum atomic E-state index is -0.482.